The van der Waals surface area contributed by atoms with Crippen LogP contribution < -0.4 is 5.32 Å². The van der Waals surface area contributed by atoms with Gasteiger partial charge in [-0.2, -0.15) is 5.10 Å². The average Bonchev–Trinajstić information content (AvgIpc) is 3.18. The first kappa shape index (κ1) is 14.2. The van der Waals surface area contributed by atoms with Crippen LogP contribution in [0.2, 0.25) is 0 Å². The predicted octanol–water partition coefficient (Wildman–Crippen LogP) is 1.00. The topological polar surface area (TPSA) is 83.6 Å². The van der Waals surface area contributed by atoms with Crippen molar-refractivity contribution in [2.45, 2.75) is 0 Å². The van der Waals surface area contributed by atoms with E-state index in [1.807, 2.05) is 0 Å². The van der Waals surface area contributed by atoms with Crippen molar-refractivity contribution in [1.82, 2.24) is 19.6 Å². The Hall–Kier alpha value is -2.77. The van der Waals surface area contributed by atoms with Crippen LogP contribution in [0, 0.1) is 0 Å². The van der Waals surface area contributed by atoms with Crippen molar-refractivity contribution in [3.05, 3.63) is 36.4 Å². The van der Waals surface area contributed by atoms with Crippen LogP contribution in [0.15, 0.2) is 35.1 Å². The molecule has 3 rings (SSSR count). The molecule has 116 valence electrons. The molecule has 8 heteroatoms. The van der Waals surface area contributed by atoms with E-state index in [9.17, 15) is 9.59 Å². The Morgan fingerprint density at radius 2 is 1.91 bits per heavy atom. The minimum Gasteiger partial charge on any atom is -0.459 e. The smallest absolute Gasteiger partial charge is 0.323 e. The van der Waals surface area contributed by atoms with Gasteiger partial charge in [0.1, 0.15) is 0 Å². The molecule has 0 atom stereocenters. The Labute approximate surface area is 127 Å². The number of carbonyl (C=O) groups is 2. The van der Waals surface area contributed by atoms with Crippen LogP contribution in [0.4, 0.5) is 10.6 Å². The van der Waals surface area contributed by atoms with Crippen molar-refractivity contribution < 1.29 is 14.0 Å². The monoisotopic (exact) mass is 303 g/mol. The molecule has 0 saturated carbocycles. The highest BCUT2D eigenvalue weighted by molar-refractivity contribution is 5.92. The molecule has 8 nitrogen and oxygen atoms in total. The zero-order valence-corrected chi connectivity index (χ0v) is 12.2. The minimum atomic E-state index is -0.205. The number of amides is 3. The highest BCUT2D eigenvalue weighted by atomic mass is 16.3. The highest BCUT2D eigenvalue weighted by Crippen LogP contribution is 2.10. The van der Waals surface area contributed by atoms with E-state index < -0.39 is 0 Å². The molecule has 1 N–H and O–H groups in total. The van der Waals surface area contributed by atoms with Gasteiger partial charge in [0.2, 0.25) is 0 Å². The molecule has 0 unspecified atom stereocenters. The van der Waals surface area contributed by atoms with Gasteiger partial charge in [0.05, 0.1) is 6.26 Å². The van der Waals surface area contributed by atoms with Crippen molar-refractivity contribution in [3.8, 4) is 0 Å². The second kappa shape index (κ2) is 5.92. The number of hydrogen-bond donors (Lipinski definition) is 1. The van der Waals surface area contributed by atoms with Gasteiger partial charge < -0.3 is 14.2 Å². The minimum absolute atomic E-state index is 0.144. The number of rotatable bonds is 2. The number of piperazine rings is 1. The number of urea groups is 1. The van der Waals surface area contributed by atoms with Gasteiger partial charge in [0.15, 0.2) is 11.6 Å². The second-order valence-electron chi connectivity index (χ2n) is 5.06. The van der Waals surface area contributed by atoms with Crippen LogP contribution in [0.3, 0.4) is 0 Å². The first-order valence-corrected chi connectivity index (χ1v) is 7.02. The van der Waals surface area contributed by atoms with Crippen LogP contribution in [-0.4, -0.2) is 57.7 Å². The van der Waals surface area contributed by atoms with E-state index in [2.05, 4.69) is 10.4 Å². The van der Waals surface area contributed by atoms with Gasteiger partial charge in [0.25, 0.3) is 5.91 Å². The molecular weight excluding hydrogens is 286 g/mol. The predicted molar refractivity (Wildman–Crippen MR) is 78.4 cm³/mol. The third-order valence-corrected chi connectivity index (χ3v) is 3.53. The van der Waals surface area contributed by atoms with Crippen LogP contribution >= 0.6 is 0 Å². The summed E-state index contributed by atoms with van der Waals surface area (Å²) in [5.41, 5.74) is 0. The molecule has 0 spiro atoms. The van der Waals surface area contributed by atoms with Gasteiger partial charge in [0, 0.05) is 45.5 Å². The van der Waals surface area contributed by atoms with Crippen molar-refractivity contribution in [2.24, 2.45) is 7.05 Å². The summed E-state index contributed by atoms with van der Waals surface area (Å²) >= 11 is 0. The number of anilines is 1. The number of furan rings is 1. The number of nitrogens with zero attached hydrogens (tertiary/aromatic N) is 4. The molecule has 0 aromatic carbocycles. The fraction of sp³-hybridized carbons (Fsp3) is 0.357. The summed E-state index contributed by atoms with van der Waals surface area (Å²) in [6, 6.07) is 4.85. The average molecular weight is 303 g/mol. The van der Waals surface area contributed by atoms with Crippen LogP contribution in [-0.2, 0) is 7.05 Å². The summed E-state index contributed by atoms with van der Waals surface area (Å²) in [5.74, 6) is 0.697. The lowest BCUT2D eigenvalue weighted by Gasteiger charge is -2.34. The summed E-state index contributed by atoms with van der Waals surface area (Å²) < 4.78 is 6.73. The number of aromatic nitrogens is 2. The van der Waals surface area contributed by atoms with Gasteiger partial charge in [-0.25, -0.2) is 4.79 Å². The van der Waals surface area contributed by atoms with E-state index in [1.54, 1.807) is 45.9 Å². The zero-order chi connectivity index (χ0) is 15.5. The Kier molecular flexibility index (Phi) is 3.82. The van der Waals surface area contributed by atoms with Gasteiger partial charge in [-0.05, 0) is 12.1 Å². The van der Waals surface area contributed by atoms with E-state index in [4.69, 9.17) is 4.42 Å². The molecule has 2 aromatic heterocycles. The fourth-order valence-corrected chi connectivity index (χ4v) is 2.34. The van der Waals surface area contributed by atoms with Crippen LogP contribution in [0.5, 0.6) is 0 Å². The first-order chi connectivity index (χ1) is 10.6. The number of nitrogens with one attached hydrogen (secondary N) is 1. The van der Waals surface area contributed by atoms with E-state index in [0.717, 1.165) is 0 Å². The van der Waals surface area contributed by atoms with E-state index in [0.29, 0.717) is 37.8 Å². The Bertz CT molecular complexity index is 656. The molecule has 2 aromatic rings. The molecule has 22 heavy (non-hydrogen) atoms. The van der Waals surface area contributed by atoms with Crippen molar-refractivity contribution >= 4 is 17.8 Å². The molecule has 1 saturated heterocycles. The summed E-state index contributed by atoms with van der Waals surface area (Å²) in [5, 5.41) is 6.84. The van der Waals surface area contributed by atoms with Crippen LogP contribution in [0.1, 0.15) is 10.6 Å². The lowest BCUT2D eigenvalue weighted by Crippen LogP contribution is -2.51. The Balaban J connectivity index is 1.53. The summed E-state index contributed by atoms with van der Waals surface area (Å²) in [6.45, 7) is 1.92. The number of carbonyl (C=O) groups excluding carboxylic acids is 2. The van der Waals surface area contributed by atoms with E-state index in [1.165, 1.54) is 6.26 Å². The molecule has 0 radical (unpaired) electrons. The largest absolute Gasteiger partial charge is 0.459 e. The van der Waals surface area contributed by atoms with Gasteiger partial charge in [-0.3, -0.25) is 14.8 Å². The maximum atomic E-state index is 12.1. The van der Waals surface area contributed by atoms with E-state index in [-0.39, 0.29) is 11.9 Å². The molecule has 3 amide bonds. The third kappa shape index (κ3) is 2.95. The fourth-order valence-electron chi connectivity index (χ4n) is 2.34. The highest BCUT2D eigenvalue weighted by Gasteiger charge is 2.26. The number of aryl methyl sites for hydroxylation is 1. The van der Waals surface area contributed by atoms with Crippen LogP contribution in [0.25, 0.3) is 0 Å². The summed E-state index contributed by atoms with van der Waals surface area (Å²) in [7, 11) is 1.79. The molecular formula is C14H17N5O3. The third-order valence-electron chi connectivity index (χ3n) is 3.53. The SMILES string of the molecule is Cn1ccc(NC(=O)N2CCN(C(=O)c3ccco3)CC2)n1. The normalized spacial score (nSPS) is 15.0. The molecule has 1 aliphatic heterocycles. The summed E-state index contributed by atoms with van der Waals surface area (Å²) in [4.78, 5) is 27.6. The maximum Gasteiger partial charge on any atom is 0.323 e. The lowest BCUT2D eigenvalue weighted by molar-refractivity contribution is 0.0640. The second-order valence-corrected chi connectivity index (χ2v) is 5.06. The summed E-state index contributed by atoms with van der Waals surface area (Å²) in [6.07, 6.45) is 3.24. The van der Waals surface area contributed by atoms with Gasteiger partial charge in [-0.1, -0.05) is 0 Å². The zero-order valence-electron chi connectivity index (χ0n) is 12.2. The molecule has 0 aliphatic carbocycles. The lowest BCUT2D eigenvalue weighted by atomic mass is 10.3. The van der Waals surface area contributed by atoms with Crippen molar-refractivity contribution in [1.29, 1.82) is 0 Å². The van der Waals surface area contributed by atoms with Crippen molar-refractivity contribution in [2.75, 3.05) is 31.5 Å². The number of hydrogen-bond acceptors (Lipinski definition) is 4. The molecule has 3 heterocycles. The first-order valence-electron chi connectivity index (χ1n) is 7.02. The Morgan fingerprint density at radius 3 is 2.50 bits per heavy atom. The quantitative estimate of drug-likeness (QED) is 0.897. The van der Waals surface area contributed by atoms with Crippen molar-refractivity contribution in [3.63, 3.8) is 0 Å². The maximum absolute atomic E-state index is 12.1. The molecule has 0 bridgehead atoms. The standard InChI is InChI=1S/C14H17N5O3/c1-17-5-4-12(16-17)15-14(21)19-8-6-18(7-9-19)13(20)11-3-2-10-22-11/h2-5,10H,6-9H2,1H3,(H,15,16,21). The molecule has 1 aliphatic rings. The molecule has 1 fully saturated rings. The van der Waals surface area contributed by atoms with E-state index >= 15 is 0 Å². The van der Waals surface area contributed by atoms with Gasteiger partial charge >= 0.3 is 6.03 Å². The van der Waals surface area contributed by atoms with Gasteiger partial charge in [-0.15, -0.1) is 0 Å². The Morgan fingerprint density at radius 1 is 1.18 bits per heavy atom.